The van der Waals surface area contributed by atoms with Gasteiger partial charge in [-0.05, 0) is 28.8 Å². The van der Waals surface area contributed by atoms with E-state index in [0.717, 1.165) is 25.7 Å². The quantitative estimate of drug-likeness (QED) is 0.906. The summed E-state index contributed by atoms with van der Waals surface area (Å²) in [7, 11) is 0. The number of benzene rings is 1. The molecule has 0 unspecified atom stereocenters. The minimum Gasteiger partial charge on any atom is -0.486 e. The maximum absolute atomic E-state index is 14.5. The topological polar surface area (TPSA) is 44.5 Å². The third kappa shape index (κ3) is 2.03. The smallest absolute Gasteiger partial charge is 0.176 e. The molecule has 19 heavy (non-hydrogen) atoms. The molecule has 0 atom stereocenters. The Balaban J connectivity index is 2.15. The lowest BCUT2D eigenvalue weighted by molar-refractivity contribution is 0.168. The summed E-state index contributed by atoms with van der Waals surface area (Å²) in [6.45, 7) is 1.41. The summed E-state index contributed by atoms with van der Waals surface area (Å²) < 4.78 is 26.2. The highest BCUT2D eigenvalue weighted by Gasteiger charge is 2.40. The SMILES string of the molecule is NCC1(c2c(F)cc3c(c2Br)OCCO3)CCCC1. The van der Waals surface area contributed by atoms with Gasteiger partial charge in [0, 0.05) is 23.6 Å². The van der Waals surface area contributed by atoms with Gasteiger partial charge in [-0.3, -0.25) is 0 Å². The number of fused-ring (bicyclic) bond motifs is 1. The fraction of sp³-hybridized carbons (Fsp3) is 0.571. The van der Waals surface area contributed by atoms with E-state index in [1.54, 1.807) is 0 Å². The van der Waals surface area contributed by atoms with E-state index < -0.39 is 0 Å². The third-order valence-corrected chi connectivity index (χ3v) is 4.96. The van der Waals surface area contributed by atoms with E-state index in [-0.39, 0.29) is 11.2 Å². The summed E-state index contributed by atoms with van der Waals surface area (Å²) in [4.78, 5) is 0. The Morgan fingerprint density at radius 3 is 2.63 bits per heavy atom. The highest BCUT2D eigenvalue weighted by molar-refractivity contribution is 9.10. The molecule has 0 radical (unpaired) electrons. The Morgan fingerprint density at radius 2 is 1.95 bits per heavy atom. The van der Waals surface area contributed by atoms with Crippen LogP contribution >= 0.6 is 15.9 Å². The Morgan fingerprint density at radius 1 is 1.26 bits per heavy atom. The van der Waals surface area contributed by atoms with Gasteiger partial charge >= 0.3 is 0 Å². The summed E-state index contributed by atoms with van der Waals surface area (Å²) in [6.07, 6.45) is 4.05. The van der Waals surface area contributed by atoms with Gasteiger partial charge in [0.1, 0.15) is 19.0 Å². The number of halogens is 2. The first kappa shape index (κ1) is 13.2. The molecule has 0 amide bonds. The van der Waals surface area contributed by atoms with Crippen LogP contribution in [-0.2, 0) is 5.41 Å². The second-order valence-corrected chi connectivity index (χ2v) is 6.06. The Labute approximate surface area is 120 Å². The lowest BCUT2D eigenvalue weighted by atomic mass is 9.78. The maximum atomic E-state index is 14.5. The minimum absolute atomic E-state index is 0.247. The van der Waals surface area contributed by atoms with Crippen LogP contribution in [0.4, 0.5) is 4.39 Å². The molecule has 3 rings (SSSR count). The van der Waals surface area contributed by atoms with Crippen molar-refractivity contribution in [2.45, 2.75) is 31.1 Å². The lowest BCUT2D eigenvalue weighted by Crippen LogP contribution is -2.34. The Hall–Kier alpha value is -0.810. The molecular weight excluding hydrogens is 313 g/mol. The van der Waals surface area contributed by atoms with E-state index >= 15 is 0 Å². The highest BCUT2D eigenvalue weighted by Crippen LogP contribution is 2.50. The zero-order valence-electron chi connectivity index (χ0n) is 10.7. The molecule has 1 fully saturated rings. The van der Waals surface area contributed by atoms with Crippen molar-refractivity contribution in [1.82, 2.24) is 0 Å². The molecule has 0 saturated heterocycles. The normalized spacial score (nSPS) is 20.6. The molecule has 104 valence electrons. The molecule has 1 aliphatic heterocycles. The van der Waals surface area contributed by atoms with Crippen molar-refractivity contribution in [3.8, 4) is 11.5 Å². The number of rotatable bonds is 2. The second kappa shape index (κ2) is 4.94. The Kier molecular flexibility index (Phi) is 3.43. The number of ether oxygens (including phenoxy) is 2. The molecule has 1 aromatic carbocycles. The van der Waals surface area contributed by atoms with Crippen molar-refractivity contribution in [1.29, 1.82) is 0 Å². The standard InChI is InChI=1S/C14H17BrFNO2/c15-12-11(14(8-17)3-1-2-4-14)9(16)7-10-13(12)19-6-5-18-10/h7H,1-6,8,17H2. The maximum Gasteiger partial charge on any atom is 0.176 e. The first-order chi connectivity index (χ1) is 9.18. The fourth-order valence-corrected chi connectivity index (χ4v) is 4.13. The molecule has 1 aliphatic carbocycles. The molecule has 2 aliphatic rings. The summed E-state index contributed by atoms with van der Waals surface area (Å²) in [6, 6.07) is 1.43. The summed E-state index contributed by atoms with van der Waals surface area (Å²) in [5.74, 6) is 0.843. The number of hydrogen-bond donors (Lipinski definition) is 1. The van der Waals surface area contributed by atoms with Crippen LogP contribution in [0.15, 0.2) is 10.5 Å². The molecular formula is C14H17BrFNO2. The van der Waals surface area contributed by atoms with E-state index in [4.69, 9.17) is 15.2 Å². The zero-order chi connectivity index (χ0) is 13.5. The molecule has 0 bridgehead atoms. The van der Waals surface area contributed by atoms with Gasteiger partial charge in [0.05, 0.1) is 4.47 Å². The highest BCUT2D eigenvalue weighted by atomic mass is 79.9. The van der Waals surface area contributed by atoms with Crippen LogP contribution in [0.25, 0.3) is 0 Å². The molecule has 1 saturated carbocycles. The monoisotopic (exact) mass is 329 g/mol. The fourth-order valence-electron chi connectivity index (χ4n) is 3.21. The average molecular weight is 330 g/mol. The van der Waals surface area contributed by atoms with Gasteiger partial charge in [0.25, 0.3) is 0 Å². The summed E-state index contributed by atoms with van der Waals surface area (Å²) >= 11 is 3.50. The molecule has 3 nitrogen and oxygen atoms in total. The lowest BCUT2D eigenvalue weighted by Gasteiger charge is -2.31. The molecule has 1 aromatic rings. The third-order valence-electron chi connectivity index (χ3n) is 4.21. The van der Waals surface area contributed by atoms with E-state index in [1.165, 1.54) is 6.07 Å². The molecule has 2 N–H and O–H groups in total. The van der Waals surface area contributed by atoms with Gasteiger partial charge in [0.2, 0.25) is 0 Å². The first-order valence-electron chi connectivity index (χ1n) is 6.66. The summed E-state index contributed by atoms with van der Waals surface area (Å²) in [5.41, 5.74) is 6.35. The van der Waals surface area contributed by atoms with Crippen LogP contribution in [0.3, 0.4) is 0 Å². The van der Waals surface area contributed by atoms with E-state index in [1.807, 2.05) is 0 Å². The predicted octanol–water partition coefficient (Wildman–Crippen LogP) is 3.13. The molecule has 0 spiro atoms. The van der Waals surface area contributed by atoms with Gasteiger partial charge in [-0.1, -0.05) is 12.8 Å². The molecule has 5 heteroatoms. The minimum atomic E-state index is -0.265. The van der Waals surface area contributed by atoms with Gasteiger partial charge in [-0.25, -0.2) is 4.39 Å². The molecule has 0 aromatic heterocycles. The van der Waals surface area contributed by atoms with E-state index in [0.29, 0.717) is 41.3 Å². The predicted molar refractivity (Wildman–Crippen MR) is 74.3 cm³/mol. The largest absolute Gasteiger partial charge is 0.486 e. The first-order valence-corrected chi connectivity index (χ1v) is 7.45. The van der Waals surface area contributed by atoms with E-state index in [9.17, 15) is 4.39 Å². The van der Waals surface area contributed by atoms with Crippen molar-refractivity contribution in [2.75, 3.05) is 19.8 Å². The van der Waals surface area contributed by atoms with Crippen LogP contribution in [0.2, 0.25) is 0 Å². The number of hydrogen-bond acceptors (Lipinski definition) is 3. The van der Waals surface area contributed by atoms with Gasteiger partial charge < -0.3 is 15.2 Å². The Bertz CT molecular complexity index is 501. The van der Waals surface area contributed by atoms with Crippen LogP contribution in [-0.4, -0.2) is 19.8 Å². The zero-order valence-corrected chi connectivity index (χ0v) is 12.3. The average Bonchev–Trinajstić information content (AvgIpc) is 2.88. The van der Waals surface area contributed by atoms with Crippen LogP contribution in [0, 0.1) is 5.82 Å². The van der Waals surface area contributed by atoms with Crippen molar-refractivity contribution < 1.29 is 13.9 Å². The van der Waals surface area contributed by atoms with Crippen LogP contribution < -0.4 is 15.2 Å². The van der Waals surface area contributed by atoms with Crippen molar-refractivity contribution >= 4 is 15.9 Å². The summed E-state index contributed by atoms with van der Waals surface area (Å²) in [5, 5.41) is 0. The van der Waals surface area contributed by atoms with Gasteiger partial charge in [-0.2, -0.15) is 0 Å². The molecule has 1 heterocycles. The van der Waals surface area contributed by atoms with Gasteiger partial charge in [0.15, 0.2) is 11.5 Å². The van der Waals surface area contributed by atoms with Crippen molar-refractivity contribution in [3.63, 3.8) is 0 Å². The van der Waals surface area contributed by atoms with Crippen LogP contribution in [0.1, 0.15) is 31.2 Å². The van der Waals surface area contributed by atoms with Crippen molar-refractivity contribution in [2.24, 2.45) is 5.73 Å². The van der Waals surface area contributed by atoms with Gasteiger partial charge in [-0.15, -0.1) is 0 Å². The van der Waals surface area contributed by atoms with Crippen LogP contribution in [0.5, 0.6) is 11.5 Å². The van der Waals surface area contributed by atoms with Crippen molar-refractivity contribution in [3.05, 3.63) is 21.9 Å². The van der Waals surface area contributed by atoms with E-state index in [2.05, 4.69) is 15.9 Å². The second-order valence-electron chi connectivity index (χ2n) is 5.26. The number of nitrogens with two attached hydrogens (primary N) is 1.